The second-order valence-corrected chi connectivity index (χ2v) is 7.16. The third-order valence-electron chi connectivity index (χ3n) is 4.08. The summed E-state index contributed by atoms with van der Waals surface area (Å²) in [5.41, 5.74) is 7.06. The van der Waals surface area contributed by atoms with Gasteiger partial charge in [-0.2, -0.15) is 0 Å². The Morgan fingerprint density at radius 3 is 2.41 bits per heavy atom. The van der Waals surface area contributed by atoms with Crippen molar-refractivity contribution in [1.29, 1.82) is 0 Å². The summed E-state index contributed by atoms with van der Waals surface area (Å²) in [6.45, 7) is 7.23. The first-order valence-electron chi connectivity index (χ1n) is 8.13. The molecule has 1 atom stereocenters. The largest absolute Gasteiger partial charge is 0.444 e. The Hall–Kier alpha value is -1.55. The molecular formula is C18H28N2O2. The normalized spacial score (nSPS) is 18.1. The predicted molar refractivity (Wildman–Crippen MR) is 88.5 cm³/mol. The zero-order valence-corrected chi connectivity index (χ0v) is 13.9. The molecule has 2 N–H and O–H groups in total. The van der Waals surface area contributed by atoms with Crippen LogP contribution in [0.2, 0.25) is 0 Å². The number of carbonyl (C=O) groups excluding carboxylic acids is 1. The van der Waals surface area contributed by atoms with E-state index >= 15 is 0 Å². The van der Waals surface area contributed by atoms with Gasteiger partial charge >= 0.3 is 6.09 Å². The van der Waals surface area contributed by atoms with Crippen LogP contribution < -0.4 is 5.73 Å². The molecule has 1 saturated heterocycles. The summed E-state index contributed by atoms with van der Waals surface area (Å²) in [7, 11) is 0. The highest BCUT2D eigenvalue weighted by Gasteiger charge is 2.27. The Labute approximate surface area is 133 Å². The van der Waals surface area contributed by atoms with Gasteiger partial charge < -0.3 is 15.4 Å². The molecule has 122 valence electrons. The lowest BCUT2D eigenvalue weighted by Gasteiger charge is -2.34. The molecule has 0 aliphatic carbocycles. The van der Waals surface area contributed by atoms with E-state index in [0.717, 1.165) is 32.4 Å². The van der Waals surface area contributed by atoms with E-state index in [9.17, 15) is 4.79 Å². The summed E-state index contributed by atoms with van der Waals surface area (Å²) in [6, 6.07) is 10.3. The zero-order valence-electron chi connectivity index (χ0n) is 13.9. The summed E-state index contributed by atoms with van der Waals surface area (Å²) in [4.78, 5) is 13.9. The van der Waals surface area contributed by atoms with Crippen molar-refractivity contribution in [3.63, 3.8) is 0 Å². The SMILES string of the molecule is CC(C)(C)OC(=O)N1CCC(C[C@H](N)c2ccccc2)CC1. The van der Waals surface area contributed by atoms with Crippen LogP contribution in [0.4, 0.5) is 4.79 Å². The maximum atomic E-state index is 12.0. The number of hydrogen-bond acceptors (Lipinski definition) is 3. The maximum absolute atomic E-state index is 12.0. The fraction of sp³-hybridized carbons (Fsp3) is 0.611. The number of rotatable bonds is 3. The second-order valence-electron chi connectivity index (χ2n) is 7.16. The average Bonchev–Trinajstić information content (AvgIpc) is 2.47. The number of ether oxygens (including phenoxy) is 1. The summed E-state index contributed by atoms with van der Waals surface area (Å²) >= 11 is 0. The lowest BCUT2D eigenvalue weighted by atomic mass is 9.88. The van der Waals surface area contributed by atoms with Gasteiger partial charge in [-0.3, -0.25) is 0 Å². The van der Waals surface area contributed by atoms with Crippen molar-refractivity contribution < 1.29 is 9.53 Å². The Kier molecular flexibility index (Phi) is 5.46. The third-order valence-corrected chi connectivity index (χ3v) is 4.08. The summed E-state index contributed by atoms with van der Waals surface area (Å²) in [5, 5.41) is 0. The number of nitrogens with two attached hydrogens (primary N) is 1. The molecule has 0 spiro atoms. The fourth-order valence-corrected chi connectivity index (χ4v) is 2.87. The summed E-state index contributed by atoms with van der Waals surface area (Å²) < 4.78 is 5.43. The Morgan fingerprint density at radius 1 is 1.27 bits per heavy atom. The van der Waals surface area contributed by atoms with Gasteiger partial charge in [-0.05, 0) is 51.5 Å². The fourth-order valence-electron chi connectivity index (χ4n) is 2.87. The number of benzene rings is 1. The van der Waals surface area contributed by atoms with Crippen LogP contribution in [0.15, 0.2) is 30.3 Å². The quantitative estimate of drug-likeness (QED) is 0.926. The first-order valence-corrected chi connectivity index (χ1v) is 8.13. The van der Waals surface area contributed by atoms with Crippen molar-refractivity contribution in [3.05, 3.63) is 35.9 Å². The van der Waals surface area contributed by atoms with Crippen LogP contribution >= 0.6 is 0 Å². The van der Waals surface area contributed by atoms with E-state index in [1.165, 1.54) is 5.56 Å². The molecule has 1 aliphatic rings. The van der Waals surface area contributed by atoms with Gasteiger partial charge in [0.2, 0.25) is 0 Å². The average molecular weight is 304 g/mol. The van der Waals surface area contributed by atoms with Crippen molar-refractivity contribution >= 4 is 6.09 Å². The van der Waals surface area contributed by atoms with Crippen molar-refractivity contribution in [2.24, 2.45) is 11.7 Å². The van der Waals surface area contributed by atoms with Gasteiger partial charge in [-0.1, -0.05) is 30.3 Å². The van der Waals surface area contributed by atoms with E-state index in [-0.39, 0.29) is 12.1 Å². The van der Waals surface area contributed by atoms with Crippen LogP contribution in [0.1, 0.15) is 51.6 Å². The van der Waals surface area contributed by atoms with Crippen LogP contribution in [0.5, 0.6) is 0 Å². The molecule has 4 heteroatoms. The van der Waals surface area contributed by atoms with Crippen molar-refractivity contribution in [2.75, 3.05) is 13.1 Å². The van der Waals surface area contributed by atoms with Crippen LogP contribution in [-0.4, -0.2) is 29.7 Å². The highest BCUT2D eigenvalue weighted by Crippen LogP contribution is 2.27. The third kappa shape index (κ3) is 5.02. The Bertz CT molecular complexity index is 474. The molecule has 22 heavy (non-hydrogen) atoms. The van der Waals surface area contributed by atoms with E-state index in [0.29, 0.717) is 5.92 Å². The first-order chi connectivity index (χ1) is 10.3. The van der Waals surface area contributed by atoms with Crippen LogP contribution in [0.3, 0.4) is 0 Å². The molecular weight excluding hydrogens is 276 g/mol. The van der Waals surface area contributed by atoms with Crippen molar-refractivity contribution in [3.8, 4) is 0 Å². The Morgan fingerprint density at radius 2 is 1.86 bits per heavy atom. The summed E-state index contributed by atoms with van der Waals surface area (Å²) in [5.74, 6) is 0.578. The van der Waals surface area contributed by atoms with Gasteiger partial charge in [0.05, 0.1) is 0 Å². The zero-order chi connectivity index (χ0) is 16.2. The van der Waals surface area contributed by atoms with Crippen molar-refractivity contribution in [2.45, 2.75) is 51.7 Å². The molecule has 0 aromatic heterocycles. The van der Waals surface area contributed by atoms with Gasteiger partial charge in [0.15, 0.2) is 0 Å². The molecule has 2 rings (SSSR count). The van der Waals surface area contributed by atoms with Crippen LogP contribution in [0.25, 0.3) is 0 Å². The number of nitrogens with zero attached hydrogens (tertiary/aromatic N) is 1. The lowest BCUT2D eigenvalue weighted by Crippen LogP contribution is -2.42. The minimum absolute atomic E-state index is 0.0827. The molecule has 1 aromatic rings. The maximum Gasteiger partial charge on any atom is 0.410 e. The monoisotopic (exact) mass is 304 g/mol. The Balaban J connectivity index is 1.79. The molecule has 0 unspecified atom stereocenters. The van der Waals surface area contributed by atoms with E-state index < -0.39 is 5.60 Å². The van der Waals surface area contributed by atoms with Crippen LogP contribution in [0, 0.1) is 5.92 Å². The van der Waals surface area contributed by atoms with Gasteiger partial charge in [-0.25, -0.2) is 4.79 Å². The highest BCUT2D eigenvalue weighted by atomic mass is 16.6. The standard InChI is InChI=1S/C18H28N2O2/c1-18(2,3)22-17(21)20-11-9-14(10-12-20)13-16(19)15-7-5-4-6-8-15/h4-8,14,16H,9-13,19H2,1-3H3/t16-/m0/s1. The number of hydrogen-bond donors (Lipinski definition) is 1. The molecule has 1 fully saturated rings. The second kappa shape index (κ2) is 7.14. The van der Waals surface area contributed by atoms with E-state index in [2.05, 4.69) is 12.1 Å². The minimum atomic E-state index is -0.427. The van der Waals surface area contributed by atoms with Crippen molar-refractivity contribution in [1.82, 2.24) is 4.90 Å². The number of likely N-dealkylation sites (tertiary alicyclic amines) is 1. The van der Waals surface area contributed by atoms with E-state index in [1.54, 1.807) is 0 Å². The summed E-state index contributed by atoms with van der Waals surface area (Å²) in [6.07, 6.45) is 2.78. The van der Waals surface area contributed by atoms with E-state index in [1.807, 2.05) is 43.9 Å². The molecule has 0 bridgehead atoms. The van der Waals surface area contributed by atoms with Gasteiger partial charge in [0.1, 0.15) is 5.60 Å². The molecule has 1 aliphatic heterocycles. The smallest absolute Gasteiger partial charge is 0.410 e. The first kappa shape index (κ1) is 16.8. The van der Waals surface area contributed by atoms with Gasteiger partial charge in [0.25, 0.3) is 0 Å². The van der Waals surface area contributed by atoms with E-state index in [4.69, 9.17) is 10.5 Å². The minimum Gasteiger partial charge on any atom is -0.444 e. The molecule has 1 heterocycles. The predicted octanol–water partition coefficient (Wildman–Crippen LogP) is 3.72. The molecule has 0 radical (unpaired) electrons. The topological polar surface area (TPSA) is 55.6 Å². The number of piperidine rings is 1. The lowest BCUT2D eigenvalue weighted by molar-refractivity contribution is 0.0179. The van der Waals surface area contributed by atoms with Crippen LogP contribution in [-0.2, 0) is 4.74 Å². The van der Waals surface area contributed by atoms with Gasteiger partial charge in [-0.15, -0.1) is 0 Å². The van der Waals surface area contributed by atoms with Gasteiger partial charge in [0, 0.05) is 19.1 Å². The number of amides is 1. The molecule has 4 nitrogen and oxygen atoms in total. The molecule has 0 saturated carbocycles. The molecule has 1 amide bonds. The number of carbonyl (C=O) groups is 1. The highest BCUT2D eigenvalue weighted by molar-refractivity contribution is 5.68. The molecule has 1 aromatic carbocycles.